The van der Waals surface area contributed by atoms with Gasteiger partial charge in [-0.25, -0.2) is 4.52 Å². The fraction of sp³-hybridized carbons (Fsp3) is 0.391. The first-order valence-electron chi connectivity index (χ1n) is 11.2. The molecular formula is C23H25F3N6O2. The normalized spacial score (nSPS) is 14.8. The molecule has 8 nitrogen and oxygen atoms in total. The van der Waals surface area contributed by atoms with Crippen molar-refractivity contribution in [3.05, 3.63) is 57.6 Å². The number of nitrogens with zero attached hydrogens (tertiary/aromatic N) is 4. The SMILES string of the molecule is CC.Cc1cc(C(F)(F)F)ccc1-c1noc(-c2cnn3c(C4CCNCC4)cc(=O)[nH]c23)n1. The number of halogens is 3. The highest BCUT2D eigenvalue weighted by Crippen LogP contribution is 2.33. The second-order valence-corrected chi connectivity index (χ2v) is 7.85. The van der Waals surface area contributed by atoms with E-state index in [1.165, 1.54) is 12.3 Å². The summed E-state index contributed by atoms with van der Waals surface area (Å²) in [5, 5.41) is 11.7. The highest BCUT2D eigenvalue weighted by molar-refractivity contribution is 5.72. The molecule has 0 unspecified atom stereocenters. The van der Waals surface area contributed by atoms with Crippen molar-refractivity contribution in [1.29, 1.82) is 0 Å². The molecule has 5 rings (SSSR count). The summed E-state index contributed by atoms with van der Waals surface area (Å²) in [6.07, 6.45) is -1.11. The maximum absolute atomic E-state index is 12.9. The number of alkyl halides is 3. The van der Waals surface area contributed by atoms with E-state index in [9.17, 15) is 18.0 Å². The highest BCUT2D eigenvalue weighted by atomic mass is 19.4. The molecule has 180 valence electrons. The number of hydrogen-bond acceptors (Lipinski definition) is 6. The molecule has 1 fully saturated rings. The number of piperidine rings is 1. The van der Waals surface area contributed by atoms with E-state index in [2.05, 4.69) is 25.5 Å². The molecular weight excluding hydrogens is 449 g/mol. The lowest BCUT2D eigenvalue weighted by Gasteiger charge is -2.23. The molecule has 0 bridgehead atoms. The molecule has 0 amide bonds. The molecule has 2 N–H and O–H groups in total. The van der Waals surface area contributed by atoms with Crippen LogP contribution in [0.25, 0.3) is 28.5 Å². The number of fused-ring (bicyclic) bond motifs is 1. The third-order valence-corrected chi connectivity index (χ3v) is 5.74. The third-order valence-electron chi connectivity index (χ3n) is 5.74. The van der Waals surface area contributed by atoms with Gasteiger partial charge in [-0.3, -0.25) is 4.79 Å². The Morgan fingerprint density at radius 2 is 1.85 bits per heavy atom. The minimum Gasteiger partial charge on any atom is -0.333 e. The Kier molecular flexibility index (Phi) is 6.56. The number of H-pyrrole nitrogens is 1. The fourth-order valence-electron chi connectivity index (χ4n) is 4.11. The summed E-state index contributed by atoms with van der Waals surface area (Å²) in [5.41, 5.74) is 1.49. The van der Waals surface area contributed by atoms with Crippen LogP contribution in [0.5, 0.6) is 0 Å². The van der Waals surface area contributed by atoms with Crippen LogP contribution in [-0.4, -0.2) is 37.8 Å². The largest absolute Gasteiger partial charge is 0.416 e. The molecule has 1 aliphatic rings. The van der Waals surface area contributed by atoms with Crippen LogP contribution in [0.3, 0.4) is 0 Å². The quantitative estimate of drug-likeness (QED) is 0.452. The van der Waals surface area contributed by atoms with Crippen LogP contribution in [0.2, 0.25) is 0 Å². The molecule has 3 aromatic heterocycles. The zero-order chi connectivity index (χ0) is 24.5. The fourth-order valence-corrected chi connectivity index (χ4v) is 4.11. The van der Waals surface area contributed by atoms with Gasteiger partial charge in [0.1, 0.15) is 11.2 Å². The van der Waals surface area contributed by atoms with Gasteiger partial charge < -0.3 is 14.8 Å². The van der Waals surface area contributed by atoms with Crippen LogP contribution in [0.15, 0.2) is 39.8 Å². The van der Waals surface area contributed by atoms with E-state index in [1.807, 2.05) is 13.8 Å². The topological polar surface area (TPSA) is 101 Å². The first-order valence-corrected chi connectivity index (χ1v) is 11.2. The van der Waals surface area contributed by atoms with Crippen molar-refractivity contribution in [3.63, 3.8) is 0 Å². The number of hydrogen-bond donors (Lipinski definition) is 2. The van der Waals surface area contributed by atoms with Gasteiger partial charge >= 0.3 is 6.18 Å². The number of aryl methyl sites for hydroxylation is 1. The van der Waals surface area contributed by atoms with E-state index in [0.717, 1.165) is 43.8 Å². The summed E-state index contributed by atoms with van der Waals surface area (Å²) in [4.78, 5) is 19.5. The molecule has 0 atom stereocenters. The van der Waals surface area contributed by atoms with Crippen molar-refractivity contribution in [2.45, 2.75) is 45.7 Å². The predicted octanol–water partition coefficient (Wildman–Crippen LogP) is 4.56. The number of rotatable bonds is 3. The first-order chi connectivity index (χ1) is 16.3. The minimum atomic E-state index is -4.43. The van der Waals surface area contributed by atoms with Crippen molar-refractivity contribution >= 4 is 5.65 Å². The smallest absolute Gasteiger partial charge is 0.333 e. The lowest BCUT2D eigenvalue weighted by atomic mass is 9.94. The second kappa shape index (κ2) is 9.41. The van der Waals surface area contributed by atoms with Gasteiger partial charge in [0.05, 0.1) is 17.5 Å². The molecule has 1 aliphatic heterocycles. The molecule has 0 saturated carbocycles. The average molecular weight is 474 g/mol. The number of nitrogens with one attached hydrogen (secondary N) is 2. The van der Waals surface area contributed by atoms with Gasteiger partial charge in [-0.05, 0) is 50.6 Å². The molecule has 0 spiro atoms. The van der Waals surface area contributed by atoms with E-state index in [-0.39, 0.29) is 23.2 Å². The Bertz CT molecular complexity index is 1350. The van der Waals surface area contributed by atoms with Crippen molar-refractivity contribution in [3.8, 4) is 22.8 Å². The average Bonchev–Trinajstić information content (AvgIpc) is 3.47. The summed E-state index contributed by atoms with van der Waals surface area (Å²) in [5.74, 6) is 0.469. The molecule has 0 aliphatic carbocycles. The number of benzene rings is 1. The Hall–Kier alpha value is -3.47. The molecule has 11 heteroatoms. The summed E-state index contributed by atoms with van der Waals surface area (Å²) in [6, 6.07) is 4.91. The van der Waals surface area contributed by atoms with Crippen molar-refractivity contribution in [2.24, 2.45) is 0 Å². The van der Waals surface area contributed by atoms with Gasteiger partial charge in [-0.15, -0.1) is 0 Å². The maximum Gasteiger partial charge on any atom is 0.416 e. The number of aromatic nitrogens is 5. The van der Waals surface area contributed by atoms with E-state index < -0.39 is 11.7 Å². The van der Waals surface area contributed by atoms with Crippen molar-refractivity contribution in [1.82, 2.24) is 30.1 Å². The van der Waals surface area contributed by atoms with Crippen LogP contribution in [0.1, 0.15) is 49.4 Å². The highest BCUT2D eigenvalue weighted by Gasteiger charge is 2.31. The Morgan fingerprint density at radius 3 is 2.53 bits per heavy atom. The van der Waals surface area contributed by atoms with Crippen LogP contribution in [0.4, 0.5) is 13.2 Å². The van der Waals surface area contributed by atoms with Gasteiger partial charge in [0.25, 0.3) is 11.4 Å². The molecule has 0 radical (unpaired) electrons. The van der Waals surface area contributed by atoms with Crippen LogP contribution in [0, 0.1) is 6.92 Å². The summed E-state index contributed by atoms with van der Waals surface area (Å²) < 4.78 is 45.9. The van der Waals surface area contributed by atoms with Gasteiger partial charge in [-0.2, -0.15) is 23.3 Å². The number of aromatic amines is 1. The molecule has 4 heterocycles. The van der Waals surface area contributed by atoms with E-state index in [1.54, 1.807) is 17.5 Å². The zero-order valence-corrected chi connectivity index (χ0v) is 19.0. The first kappa shape index (κ1) is 23.7. The predicted molar refractivity (Wildman–Crippen MR) is 120 cm³/mol. The van der Waals surface area contributed by atoms with Crippen LogP contribution in [-0.2, 0) is 6.18 Å². The minimum absolute atomic E-state index is 0.118. The molecule has 4 aromatic rings. The van der Waals surface area contributed by atoms with Gasteiger partial charge in [0.2, 0.25) is 5.82 Å². The van der Waals surface area contributed by atoms with Gasteiger partial charge in [0, 0.05) is 17.5 Å². The summed E-state index contributed by atoms with van der Waals surface area (Å²) >= 11 is 0. The Morgan fingerprint density at radius 1 is 1.12 bits per heavy atom. The van der Waals surface area contributed by atoms with Gasteiger partial charge in [-0.1, -0.05) is 25.1 Å². The third kappa shape index (κ3) is 4.47. The van der Waals surface area contributed by atoms with E-state index in [4.69, 9.17) is 4.52 Å². The molecule has 1 aromatic carbocycles. The van der Waals surface area contributed by atoms with Crippen molar-refractivity contribution in [2.75, 3.05) is 13.1 Å². The standard InChI is InChI=1S/C21H19F3N6O2.C2H6/c1-11-8-13(21(22,23)24)2-3-14(11)18-28-20(32-29-18)15-10-26-30-16(9-17(31)27-19(15)30)12-4-6-25-7-5-12;1-2/h2-3,8-10,12,25H,4-7H2,1H3,(H,27,31);1-2H3. The lowest BCUT2D eigenvalue weighted by Crippen LogP contribution is -2.28. The second-order valence-electron chi connectivity index (χ2n) is 7.85. The monoisotopic (exact) mass is 474 g/mol. The van der Waals surface area contributed by atoms with E-state index >= 15 is 0 Å². The summed E-state index contributed by atoms with van der Waals surface area (Å²) in [6.45, 7) is 7.29. The maximum atomic E-state index is 12.9. The van der Waals surface area contributed by atoms with Crippen LogP contribution >= 0.6 is 0 Å². The Labute approximate surface area is 193 Å². The Balaban J connectivity index is 0.00000133. The zero-order valence-electron chi connectivity index (χ0n) is 19.0. The van der Waals surface area contributed by atoms with Crippen LogP contribution < -0.4 is 10.9 Å². The lowest BCUT2D eigenvalue weighted by molar-refractivity contribution is -0.137. The van der Waals surface area contributed by atoms with Gasteiger partial charge in [0.15, 0.2) is 0 Å². The molecule has 34 heavy (non-hydrogen) atoms. The van der Waals surface area contributed by atoms with Crippen molar-refractivity contribution < 1.29 is 17.7 Å². The molecule has 1 saturated heterocycles. The van der Waals surface area contributed by atoms with E-state index in [0.29, 0.717) is 22.3 Å². The summed E-state index contributed by atoms with van der Waals surface area (Å²) in [7, 11) is 0.